The Morgan fingerprint density at radius 1 is 1.32 bits per heavy atom. The lowest BCUT2D eigenvalue weighted by atomic mass is 10.00. The van der Waals surface area contributed by atoms with Crippen LogP contribution in [0.15, 0.2) is 30.5 Å². The van der Waals surface area contributed by atoms with Gasteiger partial charge in [0.05, 0.1) is 6.04 Å². The molecule has 1 aliphatic rings. The minimum absolute atomic E-state index is 0.585. The van der Waals surface area contributed by atoms with Crippen LogP contribution in [-0.2, 0) is 4.84 Å². The maximum absolute atomic E-state index is 12.7. The van der Waals surface area contributed by atoms with Crippen molar-refractivity contribution in [3.63, 3.8) is 0 Å². The van der Waals surface area contributed by atoms with Crippen LogP contribution < -0.4 is 5.48 Å². The topological polar surface area (TPSA) is 57.3 Å². The molecule has 1 aliphatic heterocycles. The largest absolute Gasteiger partial charge is 0.444 e. The number of aromatic nitrogens is 1. The molecule has 0 unspecified atom stereocenters. The monoisotopic (exact) mass is 272 g/mol. The van der Waals surface area contributed by atoms with Crippen LogP contribution in [0.25, 0.3) is 10.9 Å². The summed E-state index contributed by atoms with van der Waals surface area (Å²) >= 11 is 0. The van der Waals surface area contributed by atoms with E-state index in [-0.39, 0.29) is 0 Å². The molecule has 0 aliphatic carbocycles. The molecule has 0 saturated carbocycles. The van der Waals surface area contributed by atoms with Crippen molar-refractivity contribution in [1.82, 2.24) is 10.5 Å². The summed E-state index contributed by atoms with van der Waals surface area (Å²) < 4.78 is 38.0. The highest BCUT2D eigenvalue weighted by atomic mass is 19.4. The van der Waals surface area contributed by atoms with Crippen LogP contribution in [0.2, 0.25) is 0 Å². The van der Waals surface area contributed by atoms with Gasteiger partial charge in [-0.1, -0.05) is 18.2 Å². The molecular weight excluding hydrogens is 261 g/mol. The Balaban J connectivity index is 1.93. The quantitative estimate of drug-likeness (QED) is 0.747. The lowest BCUT2D eigenvalue weighted by Crippen LogP contribution is -2.45. The van der Waals surface area contributed by atoms with Crippen LogP contribution in [0.4, 0.5) is 13.2 Å². The molecule has 0 radical (unpaired) electrons. The van der Waals surface area contributed by atoms with Crippen LogP contribution in [0.1, 0.15) is 18.0 Å². The maximum Gasteiger partial charge on any atom is 0.444 e. The third kappa shape index (κ3) is 1.90. The summed E-state index contributed by atoms with van der Waals surface area (Å²) in [6.07, 6.45) is -3.80. The van der Waals surface area contributed by atoms with Crippen molar-refractivity contribution in [3.8, 4) is 0 Å². The molecule has 2 aromatic rings. The molecule has 2 heterocycles. The van der Waals surface area contributed by atoms with Gasteiger partial charge in [-0.25, -0.2) is 0 Å². The number of para-hydroxylation sites is 1. The first-order valence-corrected chi connectivity index (χ1v) is 5.69. The Hall–Kier alpha value is -1.57. The zero-order chi connectivity index (χ0) is 13.7. The molecule has 0 bridgehead atoms. The van der Waals surface area contributed by atoms with Crippen molar-refractivity contribution < 1.29 is 23.1 Å². The average molecular weight is 272 g/mol. The van der Waals surface area contributed by atoms with E-state index >= 15 is 0 Å². The number of alkyl halides is 3. The zero-order valence-corrected chi connectivity index (χ0v) is 9.66. The first-order chi connectivity index (χ1) is 8.91. The third-order valence-electron chi connectivity index (χ3n) is 3.29. The summed E-state index contributed by atoms with van der Waals surface area (Å²) in [4.78, 5) is 7.33. The zero-order valence-electron chi connectivity index (χ0n) is 9.66. The normalized spacial score (nSPS) is 28.1. The Morgan fingerprint density at radius 2 is 2.05 bits per heavy atom. The molecule has 102 valence electrons. The van der Waals surface area contributed by atoms with Gasteiger partial charge in [0, 0.05) is 23.5 Å². The smallest absolute Gasteiger partial charge is 0.361 e. The summed E-state index contributed by atoms with van der Waals surface area (Å²) in [6.45, 7) is 0. The van der Waals surface area contributed by atoms with Crippen molar-refractivity contribution in [2.45, 2.75) is 24.4 Å². The minimum Gasteiger partial charge on any atom is -0.361 e. The van der Waals surface area contributed by atoms with Gasteiger partial charge in [0.2, 0.25) is 0 Å². The molecule has 1 fully saturated rings. The van der Waals surface area contributed by atoms with Gasteiger partial charge in [-0.05, 0) is 11.6 Å². The summed E-state index contributed by atoms with van der Waals surface area (Å²) in [5.41, 5.74) is 3.71. The van der Waals surface area contributed by atoms with Gasteiger partial charge in [0.1, 0.15) is 0 Å². The van der Waals surface area contributed by atoms with Crippen LogP contribution in [0, 0.1) is 0 Å². The van der Waals surface area contributed by atoms with Gasteiger partial charge in [0.25, 0.3) is 5.79 Å². The predicted octanol–water partition coefficient (Wildman–Crippen LogP) is 2.38. The fourth-order valence-electron chi connectivity index (χ4n) is 2.26. The molecule has 2 atom stereocenters. The van der Waals surface area contributed by atoms with E-state index in [4.69, 9.17) is 0 Å². The second-order valence-electron chi connectivity index (χ2n) is 4.55. The minimum atomic E-state index is -4.83. The number of hydrogen-bond donors (Lipinski definition) is 3. The fraction of sp³-hybridized carbons (Fsp3) is 0.333. The lowest BCUT2D eigenvalue weighted by molar-refractivity contribution is -0.361. The van der Waals surface area contributed by atoms with Gasteiger partial charge < -0.3 is 10.1 Å². The molecule has 1 aromatic heterocycles. The van der Waals surface area contributed by atoms with Gasteiger partial charge in [-0.3, -0.25) is 4.84 Å². The number of nitrogens with one attached hydrogen (secondary N) is 2. The standard InChI is InChI=1S/C12H11F3N2O2/c13-12(14,15)11(18)5-10(17-19-11)8-6-16-9-4-2-1-3-7(8)9/h1-4,6,10,16-18H,5H2/t10-,11-/m0/s1. The highest BCUT2D eigenvalue weighted by Gasteiger charge is 2.60. The van der Waals surface area contributed by atoms with E-state index < -0.39 is 24.4 Å². The Bertz CT molecular complexity index is 610. The second kappa shape index (κ2) is 3.96. The van der Waals surface area contributed by atoms with E-state index in [1.165, 1.54) is 0 Å². The highest BCUT2D eigenvalue weighted by Crippen LogP contribution is 2.43. The summed E-state index contributed by atoms with van der Waals surface area (Å²) in [6, 6.07) is 6.53. The van der Waals surface area contributed by atoms with Gasteiger partial charge in [-0.2, -0.15) is 18.7 Å². The van der Waals surface area contributed by atoms with Gasteiger partial charge in [-0.15, -0.1) is 0 Å². The molecule has 4 nitrogen and oxygen atoms in total. The number of rotatable bonds is 1. The van der Waals surface area contributed by atoms with E-state index in [9.17, 15) is 18.3 Å². The first-order valence-electron chi connectivity index (χ1n) is 5.69. The second-order valence-corrected chi connectivity index (χ2v) is 4.55. The first kappa shape index (κ1) is 12.5. The number of H-pyrrole nitrogens is 1. The number of hydrogen-bond acceptors (Lipinski definition) is 3. The van der Waals surface area contributed by atoms with Crippen LogP contribution >= 0.6 is 0 Å². The molecule has 7 heteroatoms. The Labute approximate surface area is 106 Å². The van der Waals surface area contributed by atoms with Crippen molar-refractivity contribution in [2.24, 2.45) is 0 Å². The van der Waals surface area contributed by atoms with E-state index in [0.29, 0.717) is 5.56 Å². The van der Waals surface area contributed by atoms with Crippen LogP contribution in [-0.4, -0.2) is 22.1 Å². The van der Waals surface area contributed by atoms with Crippen molar-refractivity contribution in [3.05, 3.63) is 36.0 Å². The van der Waals surface area contributed by atoms with E-state index in [0.717, 1.165) is 10.9 Å². The Kier molecular flexibility index (Phi) is 2.60. The highest BCUT2D eigenvalue weighted by molar-refractivity contribution is 5.83. The van der Waals surface area contributed by atoms with Gasteiger partial charge in [0.15, 0.2) is 0 Å². The molecule has 19 heavy (non-hydrogen) atoms. The van der Waals surface area contributed by atoms with Crippen molar-refractivity contribution in [1.29, 1.82) is 0 Å². The van der Waals surface area contributed by atoms with E-state index in [1.807, 2.05) is 12.1 Å². The Morgan fingerprint density at radius 3 is 2.74 bits per heavy atom. The molecule has 3 rings (SSSR count). The summed E-state index contributed by atoms with van der Waals surface area (Å²) in [5, 5.41) is 10.3. The summed E-state index contributed by atoms with van der Waals surface area (Å²) in [5.74, 6) is -3.14. The number of hydroxylamine groups is 1. The molecule has 0 amide bonds. The number of fused-ring (bicyclic) bond motifs is 1. The van der Waals surface area contributed by atoms with Crippen molar-refractivity contribution >= 4 is 10.9 Å². The average Bonchev–Trinajstić information content (AvgIpc) is 2.92. The van der Waals surface area contributed by atoms with Crippen molar-refractivity contribution in [2.75, 3.05) is 0 Å². The molecule has 1 saturated heterocycles. The predicted molar refractivity (Wildman–Crippen MR) is 60.9 cm³/mol. The molecule has 3 N–H and O–H groups in total. The third-order valence-corrected chi connectivity index (χ3v) is 3.29. The van der Waals surface area contributed by atoms with Crippen LogP contribution in [0.3, 0.4) is 0 Å². The van der Waals surface area contributed by atoms with E-state index in [2.05, 4.69) is 15.3 Å². The number of aromatic amines is 1. The number of halogens is 3. The van der Waals surface area contributed by atoms with Crippen LogP contribution in [0.5, 0.6) is 0 Å². The number of benzene rings is 1. The van der Waals surface area contributed by atoms with Gasteiger partial charge >= 0.3 is 6.18 Å². The molecule has 1 aromatic carbocycles. The summed E-state index contributed by atoms with van der Waals surface area (Å²) in [7, 11) is 0. The number of aliphatic hydroxyl groups is 1. The SMILES string of the molecule is O[C@@]1(C(F)(F)F)C[C@@H](c2c[nH]c3ccccc23)NO1. The molecular formula is C12H11F3N2O2. The fourth-order valence-corrected chi connectivity index (χ4v) is 2.26. The molecule has 0 spiro atoms. The van der Waals surface area contributed by atoms with E-state index in [1.54, 1.807) is 18.3 Å². The maximum atomic E-state index is 12.7. The lowest BCUT2D eigenvalue weighted by Gasteiger charge is -2.22.